The fourth-order valence-corrected chi connectivity index (χ4v) is 3.14. The molecule has 0 aliphatic rings. The highest BCUT2D eigenvalue weighted by atomic mass is 32.2. The van der Waals surface area contributed by atoms with E-state index in [2.05, 4.69) is 9.72 Å². The summed E-state index contributed by atoms with van der Waals surface area (Å²) >= 11 is 0. The van der Waals surface area contributed by atoms with Gasteiger partial charge in [0.2, 0.25) is 9.84 Å². The van der Waals surface area contributed by atoms with Crippen LogP contribution in [0, 0.1) is 0 Å². The Hall–Kier alpha value is -1.50. The van der Waals surface area contributed by atoms with E-state index in [1.54, 1.807) is 6.92 Å². The lowest BCUT2D eigenvalue weighted by Crippen LogP contribution is -2.44. The van der Waals surface area contributed by atoms with E-state index in [4.69, 9.17) is 0 Å². The molecule has 1 unspecified atom stereocenters. The number of pyridine rings is 1. The number of carbonyl (C=O) groups excluding carboxylic acids is 1. The van der Waals surface area contributed by atoms with Crippen LogP contribution >= 0.6 is 0 Å². The average Bonchev–Trinajstić information content (AvgIpc) is 2.45. The Morgan fingerprint density at radius 1 is 1.40 bits per heavy atom. The predicted octanol–water partition coefficient (Wildman–Crippen LogP) is 2.27. The molecule has 5 nitrogen and oxygen atoms in total. The molecular formula is C13H18FNO4S. The lowest BCUT2D eigenvalue weighted by atomic mass is 10.2. The summed E-state index contributed by atoms with van der Waals surface area (Å²) in [6, 6.07) is 4.09. The topological polar surface area (TPSA) is 73.3 Å². The van der Waals surface area contributed by atoms with Crippen molar-refractivity contribution in [2.24, 2.45) is 0 Å². The van der Waals surface area contributed by atoms with Crippen molar-refractivity contribution in [3.8, 4) is 0 Å². The molecule has 0 spiro atoms. The Morgan fingerprint density at radius 3 is 2.60 bits per heavy atom. The predicted molar refractivity (Wildman–Crippen MR) is 71.4 cm³/mol. The minimum Gasteiger partial charge on any atom is -0.463 e. The smallest absolute Gasteiger partial charge is 0.360 e. The summed E-state index contributed by atoms with van der Waals surface area (Å²) in [6.45, 7) is 3.18. The molecule has 1 aromatic rings. The highest BCUT2D eigenvalue weighted by molar-refractivity contribution is 7.93. The van der Waals surface area contributed by atoms with Crippen molar-refractivity contribution in [3.05, 3.63) is 24.4 Å². The van der Waals surface area contributed by atoms with Crippen molar-refractivity contribution < 1.29 is 22.3 Å². The fraction of sp³-hybridized carbons (Fsp3) is 0.538. The molecule has 112 valence electrons. The molecule has 0 radical (unpaired) electrons. The van der Waals surface area contributed by atoms with Gasteiger partial charge in [0.1, 0.15) is 0 Å². The lowest BCUT2D eigenvalue weighted by molar-refractivity contribution is -0.152. The van der Waals surface area contributed by atoms with Gasteiger partial charge < -0.3 is 4.74 Å². The molecule has 1 atom stereocenters. The number of nitrogens with zero attached hydrogens (tertiary/aromatic N) is 1. The first-order valence-corrected chi connectivity index (χ1v) is 7.90. The number of ether oxygens (including phenoxy) is 1. The van der Waals surface area contributed by atoms with Gasteiger partial charge in [-0.05, 0) is 25.5 Å². The second kappa shape index (κ2) is 6.78. The van der Waals surface area contributed by atoms with Crippen molar-refractivity contribution in [1.82, 2.24) is 4.98 Å². The molecule has 0 bridgehead atoms. The van der Waals surface area contributed by atoms with Crippen LogP contribution in [0.3, 0.4) is 0 Å². The van der Waals surface area contributed by atoms with Gasteiger partial charge >= 0.3 is 11.0 Å². The summed E-state index contributed by atoms with van der Waals surface area (Å²) in [5, 5.41) is -3.56. The monoisotopic (exact) mass is 303 g/mol. The second-order valence-corrected chi connectivity index (χ2v) is 6.30. The maximum atomic E-state index is 14.9. The van der Waals surface area contributed by atoms with Crippen molar-refractivity contribution in [1.29, 1.82) is 0 Å². The summed E-state index contributed by atoms with van der Waals surface area (Å²) in [7, 11) is -4.55. The third kappa shape index (κ3) is 3.15. The van der Waals surface area contributed by atoms with E-state index in [9.17, 15) is 17.6 Å². The first-order chi connectivity index (χ1) is 9.40. The van der Waals surface area contributed by atoms with Crippen molar-refractivity contribution >= 4 is 15.8 Å². The molecule has 0 saturated carbocycles. The van der Waals surface area contributed by atoms with Crippen LogP contribution in [0.25, 0.3) is 0 Å². The summed E-state index contributed by atoms with van der Waals surface area (Å²) in [5.41, 5.74) is 0. The molecular weight excluding hydrogens is 285 g/mol. The van der Waals surface area contributed by atoms with Gasteiger partial charge in [-0.15, -0.1) is 0 Å². The Kier molecular flexibility index (Phi) is 5.62. The van der Waals surface area contributed by atoms with Crippen LogP contribution in [-0.2, 0) is 19.4 Å². The molecule has 0 aromatic carbocycles. The fourth-order valence-electron chi connectivity index (χ4n) is 1.66. The van der Waals surface area contributed by atoms with E-state index < -0.39 is 32.3 Å². The first-order valence-electron chi connectivity index (χ1n) is 6.42. The number of sulfone groups is 1. The molecule has 1 heterocycles. The van der Waals surface area contributed by atoms with Crippen LogP contribution in [0.4, 0.5) is 4.39 Å². The summed E-state index contributed by atoms with van der Waals surface area (Å²) < 4.78 is 44.2. The van der Waals surface area contributed by atoms with Gasteiger partial charge in [-0.25, -0.2) is 22.6 Å². The van der Waals surface area contributed by atoms with Crippen LogP contribution in [0.5, 0.6) is 0 Å². The van der Waals surface area contributed by atoms with Gasteiger partial charge in [0, 0.05) is 12.6 Å². The van der Waals surface area contributed by atoms with Gasteiger partial charge in [-0.2, -0.15) is 0 Å². The molecule has 0 fully saturated rings. The standard InChI is InChI=1S/C13H18FNO4S/c1-3-5-9-13(14,12(16)19-4-2)20(17,18)11-8-6-7-10-15-11/h6-8,10H,3-5,9H2,1-2H3. The number of alkyl halides is 1. The molecule has 20 heavy (non-hydrogen) atoms. The molecule has 1 aromatic heterocycles. The zero-order valence-electron chi connectivity index (χ0n) is 11.5. The van der Waals surface area contributed by atoms with Crippen LogP contribution in [0.15, 0.2) is 29.4 Å². The van der Waals surface area contributed by atoms with E-state index in [0.717, 1.165) is 6.07 Å². The number of hydrogen-bond donors (Lipinski definition) is 0. The van der Waals surface area contributed by atoms with Crippen molar-refractivity contribution in [2.45, 2.75) is 43.1 Å². The van der Waals surface area contributed by atoms with Gasteiger partial charge in [0.25, 0.3) is 0 Å². The Morgan fingerprint density at radius 2 is 2.10 bits per heavy atom. The van der Waals surface area contributed by atoms with E-state index in [0.29, 0.717) is 6.42 Å². The largest absolute Gasteiger partial charge is 0.463 e. The number of rotatable bonds is 7. The van der Waals surface area contributed by atoms with Gasteiger partial charge in [-0.3, -0.25) is 0 Å². The normalized spacial score (nSPS) is 14.6. The van der Waals surface area contributed by atoms with Crippen LogP contribution in [0.1, 0.15) is 33.1 Å². The highest BCUT2D eigenvalue weighted by Crippen LogP contribution is 2.32. The quantitative estimate of drug-likeness (QED) is 0.722. The third-order valence-corrected chi connectivity index (χ3v) is 4.79. The molecule has 0 saturated heterocycles. The molecule has 1 rings (SSSR count). The number of hydrogen-bond acceptors (Lipinski definition) is 5. The molecule has 0 aliphatic carbocycles. The van der Waals surface area contributed by atoms with Crippen molar-refractivity contribution in [2.75, 3.05) is 6.61 Å². The number of unbranched alkanes of at least 4 members (excludes halogenated alkanes) is 1. The number of esters is 1. The van der Waals surface area contributed by atoms with Gasteiger partial charge in [0.15, 0.2) is 5.03 Å². The molecule has 0 amide bonds. The highest BCUT2D eigenvalue weighted by Gasteiger charge is 2.53. The van der Waals surface area contributed by atoms with Crippen LogP contribution in [-0.4, -0.2) is 31.0 Å². The zero-order valence-corrected chi connectivity index (χ0v) is 12.3. The zero-order chi connectivity index (χ0) is 15.2. The minimum absolute atomic E-state index is 0.0889. The van der Waals surface area contributed by atoms with Gasteiger partial charge in [0.05, 0.1) is 6.61 Å². The third-order valence-electron chi connectivity index (χ3n) is 2.77. The average molecular weight is 303 g/mol. The number of carbonyl (C=O) groups is 1. The van der Waals surface area contributed by atoms with E-state index in [1.165, 1.54) is 25.3 Å². The van der Waals surface area contributed by atoms with E-state index >= 15 is 0 Å². The Balaban J connectivity index is 3.26. The van der Waals surface area contributed by atoms with E-state index in [1.807, 2.05) is 0 Å². The second-order valence-electron chi connectivity index (χ2n) is 4.22. The Bertz CT molecular complexity index is 547. The summed E-state index contributed by atoms with van der Waals surface area (Å²) in [5.74, 6) is -1.38. The van der Waals surface area contributed by atoms with Crippen LogP contribution in [0.2, 0.25) is 0 Å². The summed E-state index contributed by atoms with van der Waals surface area (Å²) in [4.78, 5) is 15.4. The van der Waals surface area contributed by atoms with Crippen molar-refractivity contribution in [3.63, 3.8) is 0 Å². The number of halogens is 1. The van der Waals surface area contributed by atoms with E-state index in [-0.39, 0.29) is 13.0 Å². The number of aromatic nitrogens is 1. The molecule has 7 heteroatoms. The minimum atomic E-state index is -4.55. The maximum Gasteiger partial charge on any atom is 0.360 e. The molecule has 0 aliphatic heterocycles. The Labute approximate surface area is 118 Å². The first kappa shape index (κ1) is 16.6. The maximum absolute atomic E-state index is 14.9. The lowest BCUT2D eigenvalue weighted by Gasteiger charge is -2.22. The van der Waals surface area contributed by atoms with Crippen LogP contribution < -0.4 is 0 Å². The summed E-state index contributed by atoms with van der Waals surface area (Å²) in [6.07, 6.45) is 1.60. The SMILES string of the molecule is CCCCC(F)(C(=O)OCC)S(=O)(=O)c1ccccn1. The molecule has 0 N–H and O–H groups in total. The van der Waals surface area contributed by atoms with Gasteiger partial charge in [-0.1, -0.05) is 19.4 Å².